The SMILES string of the molecule is CCc1ccc(CC(NN)C2CCCCO2)nc1. The van der Waals surface area contributed by atoms with E-state index in [-0.39, 0.29) is 12.1 Å². The van der Waals surface area contributed by atoms with Crippen molar-refractivity contribution in [3.8, 4) is 0 Å². The van der Waals surface area contributed by atoms with Gasteiger partial charge in [-0.1, -0.05) is 13.0 Å². The van der Waals surface area contributed by atoms with Gasteiger partial charge >= 0.3 is 0 Å². The van der Waals surface area contributed by atoms with E-state index in [4.69, 9.17) is 10.6 Å². The fraction of sp³-hybridized carbons (Fsp3) is 0.643. The summed E-state index contributed by atoms with van der Waals surface area (Å²) in [6.45, 7) is 2.99. The number of pyridine rings is 1. The Labute approximate surface area is 109 Å². The van der Waals surface area contributed by atoms with Crippen LogP contribution in [0.25, 0.3) is 0 Å². The van der Waals surface area contributed by atoms with Crippen molar-refractivity contribution in [2.24, 2.45) is 5.84 Å². The number of hydrazine groups is 1. The molecule has 0 aromatic carbocycles. The summed E-state index contributed by atoms with van der Waals surface area (Å²) in [5, 5.41) is 0. The zero-order valence-corrected chi connectivity index (χ0v) is 11.1. The van der Waals surface area contributed by atoms with Crippen molar-refractivity contribution in [2.75, 3.05) is 6.61 Å². The van der Waals surface area contributed by atoms with Gasteiger partial charge in [-0.25, -0.2) is 0 Å². The number of hydrogen-bond donors (Lipinski definition) is 2. The highest BCUT2D eigenvalue weighted by Gasteiger charge is 2.24. The Morgan fingerprint density at radius 1 is 1.50 bits per heavy atom. The Bertz CT molecular complexity index is 347. The first-order chi connectivity index (χ1) is 8.83. The molecule has 3 N–H and O–H groups in total. The molecular weight excluding hydrogens is 226 g/mol. The molecule has 4 heteroatoms. The topological polar surface area (TPSA) is 60.2 Å². The van der Waals surface area contributed by atoms with Crippen LogP contribution in [0, 0.1) is 0 Å². The lowest BCUT2D eigenvalue weighted by molar-refractivity contribution is -0.00762. The summed E-state index contributed by atoms with van der Waals surface area (Å²) in [4.78, 5) is 4.48. The second-order valence-corrected chi connectivity index (χ2v) is 4.89. The molecule has 4 nitrogen and oxygen atoms in total. The second kappa shape index (κ2) is 6.83. The molecule has 1 fully saturated rings. The summed E-state index contributed by atoms with van der Waals surface area (Å²) in [6, 6.07) is 4.38. The first-order valence-corrected chi connectivity index (χ1v) is 6.85. The summed E-state index contributed by atoms with van der Waals surface area (Å²) < 4.78 is 5.78. The molecule has 18 heavy (non-hydrogen) atoms. The maximum absolute atomic E-state index is 5.78. The van der Waals surface area contributed by atoms with E-state index in [0.717, 1.165) is 38.0 Å². The van der Waals surface area contributed by atoms with Crippen molar-refractivity contribution in [1.82, 2.24) is 10.4 Å². The van der Waals surface area contributed by atoms with Gasteiger partial charge in [-0.3, -0.25) is 16.3 Å². The van der Waals surface area contributed by atoms with Crippen LogP contribution in [-0.4, -0.2) is 23.7 Å². The Balaban J connectivity index is 1.95. The molecule has 1 saturated heterocycles. The Morgan fingerprint density at radius 2 is 2.39 bits per heavy atom. The molecule has 2 rings (SSSR count). The van der Waals surface area contributed by atoms with Gasteiger partial charge in [0.05, 0.1) is 12.1 Å². The third kappa shape index (κ3) is 3.51. The maximum atomic E-state index is 5.78. The zero-order valence-electron chi connectivity index (χ0n) is 11.1. The van der Waals surface area contributed by atoms with Gasteiger partial charge in [0.15, 0.2) is 0 Å². The van der Waals surface area contributed by atoms with Gasteiger partial charge in [0.1, 0.15) is 0 Å². The molecule has 0 spiro atoms. The smallest absolute Gasteiger partial charge is 0.0745 e. The van der Waals surface area contributed by atoms with Gasteiger partial charge in [-0.05, 0) is 37.3 Å². The molecular formula is C14H23N3O. The normalized spacial score (nSPS) is 21.8. The van der Waals surface area contributed by atoms with E-state index in [0.29, 0.717) is 0 Å². The average Bonchev–Trinajstić information content (AvgIpc) is 2.46. The van der Waals surface area contributed by atoms with Crippen LogP contribution >= 0.6 is 0 Å². The van der Waals surface area contributed by atoms with Crippen LogP contribution in [0.4, 0.5) is 0 Å². The standard InChI is InChI=1S/C14H23N3O/c1-2-11-6-7-12(16-10-11)9-13(17-15)14-5-3-4-8-18-14/h6-7,10,13-14,17H,2-5,8-9,15H2,1H3. The van der Waals surface area contributed by atoms with Crippen molar-refractivity contribution < 1.29 is 4.74 Å². The first-order valence-electron chi connectivity index (χ1n) is 6.85. The number of rotatable bonds is 5. The number of nitrogens with one attached hydrogen (secondary N) is 1. The Hall–Kier alpha value is -0.970. The highest BCUT2D eigenvalue weighted by Crippen LogP contribution is 2.17. The summed E-state index contributed by atoms with van der Waals surface area (Å²) in [6.07, 6.45) is 7.49. The van der Waals surface area contributed by atoms with Gasteiger partial charge in [-0.2, -0.15) is 0 Å². The van der Waals surface area contributed by atoms with E-state index in [9.17, 15) is 0 Å². The fourth-order valence-corrected chi connectivity index (χ4v) is 2.39. The Kier molecular flexibility index (Phi) is 5.11. The summed E-state index contributed by atoms with van der Waals surface area (Å²) in [5.41, 5.74) is 5.23. The number of nitrogens with zero attached hydrogens (tertiary/aromatic N) is 1. The van der Waals surface area contributed by atoms with Gasteiger partial charge in [0.25, 0.3) is 0 Å². The van der Waals surface area contributed by atoms with Crippen molar-refractivity contribution in [2.45, 2.75) is 51.2 Å². The minimum atomic E-state index is 0.158. The molecule has 0 bridgehead atoms. The van der Waals surface area contributed by atoms with E-state index in [2.05, 4.69) is 29.5 Å². The predicted octanol–water partition coefficient (Wildman–Crippen LogP) is 1.59. The van der Waals surface area contributed by atoms with Gasteiger partial charge in [0, 0.05) is 24.9 Å². The van der Waals surface area contributed by atoms with Crippen molar-refractivity contribution in [3.63, 3.8) is 0 Å². The summed E-state index contributed by atoms with van der Waals surface area (Å²) in [5.74, 6) is 5.65. The van der Waals surface area contributed by atoms with Gasteiger partial charge in [0.2, 0.25) is 0 Å². The lowest BCUT2D eigenvalue weighted by Crippen LogP contribution is -2.47. The molecule has 1 aromatic rings. The molecule has 0 saturated carbocycles. The lowest BCUT2D eigenvalue weighted by atomic mass is 9.98. The number of hydrogen-bond acceptors (Lipinski definition) is 4. The van der Waals surface area contributed by atoms with Crippen LogP contribution in [0.3, 0.4) is 0 Å². The highest BCUT2D eigenvalue weighted by atomic mass is 16.5. The molecule has 1 aromatic heterocycles. The lowest BCUT2D eigenvalue weighted by Gasteiger charge is -2.29. The molecule has 2 atom stereocenters. The Morgan fingerprint density at radius 3 is 2.94 bits per heavy atom. The molecule has 1 aliphatic heterocycles. The summed E-state index contributed by atoms with van der Waals surface area (Å²) in [7, 11) is 0. The average molecular weight is 249 g/mol. The largest absolute Gasteiger partial charge is 0.377 e. The minimum absolute atomic E-state index is 0.158. The van der Waals surface area contributed by atoms with Crippen molar-refractivity contribution in [3.05, 3.63) is 29.6 Å². The number of nitrogens with two attached hydrogens (primary N) is 1. The van der Waals surface area contributed by atoms with Gasteiger partial charge < -0.3 is 4.74 Å². The highest BCUT2D eigenvalue weighted by molar-refractivity contribution is 5.15. The van der Waals surface area contributed by atoms with Crippen molar-refractivity contribution >= 4 is 0 Å². The minimum Gasteiger partial charge on any atom is -0.377 e. The second-order valence-electron chi connectivity index (χ2n) is 4.89. The van der Waals surface area contributed by atoms with Crippen LogP contribution in [0.15, 0.2) is 18.3 Å². The zero-order chi connectivity index (χ0) is 12.8. The fourth-order valence-electron chi connectivity index (χ4n) is 2.39. The molecule has 0 amide bonds. The molecule has 0 aliphatic carbocycles. The molecule has 0 radical (unpaired) electrons. The van der Waals surface area contributed by atoms with Crippen molar-refractivity contribution in [1.29, 1.82) is 0 Å². The van der Waals surface area contributed by atoms with E-state index in [1.807, 2.05) is 6.20 Å². The molecule has 2 heterocycles. The third-order valence-corrected chi connectivity index (χ3v) is 3.60. The number of ether oxygens (including phenoxy) is 1. The maximum Gasteiger partial charge on any atom is 0.0745 e. The predicted molar refractivity (Wildman–Crippen MR) is 72.0 cm³/mol. The van der Waals surface area contributed by atoms with Crippen LogP contribution in [0.1, 0.15) is 37.4 Å². The third-order valence-electron chi connectivity index (χ3n) is 3.60. The van der Waals surface area contributed by atoms with Crippen LogP contribution < -0.4 is 11.3 Å². The molecule has 1 aliphatic rings. The van der Waals surface area contributed by atoms with E-state index >= 15 is 0 Å². The monoisotopic (exact) mass is 249 g/mol. The number of aromatic nitrogens is 1. The molecule has 100 valence electrons. The van der Waals surface area contributed by atoms with E-state index in [1.165, 1.54) is 12.0 Å². The first kappa shape index (κ1) is 13.5. The number of aryl methyl sites for hydroxylation is 1. The van der Waals surface area contributed by atoms with E-state index < -0.39 is 0 Å². The van der Waals surface area contributed by atoms with Crippen LogP contribution in [-0.2, 0) is 17.6 Å². The molecule has 2 unspecified atom stereocenters. The van der Waals surface area contributed by atoms with Crippen LogP contribution in [0.2, 0.25) is 0 Å². The quantitative estimate of drug-likeness (QED) is 0.614. The van der Waals surface area contributed by atoms with Gasteiger partial charge in [-0.15, -0.1) is 0 Å². The van der Waals surface area contributed by atoms with E-state index in [1.54, 1.807) is 0 Å². The summed E-state index contributed by atoms with van der Waals surface area (Å²) >= 11 is 0. The van der Waals surface area contributed by atoms with Crippen LogP contribution in [0.5, 0.6) is 0 Å².